The summed E-state index contributed by atoms with van der Waals surface area (Å²) >= 11 is 0. The van der Waals surface area contributed by atoms with Gasteiger partial charge in [0.05, 0.1) is 11.7 Å². The van der Waals surface area contributed by atoms with Crippen LogP contribution in [0.3, 0.4) is 0 Å². The van der Waals surface area contributed by atoms with E-state index in [1.165, 1.54) is 6.07 Å². The predicted molar refractivity (Wildman–Crippen MR) is 65.2 cm³/mol. The molecule has 94 valence electrons. The molecule has 0 amide bonds. The molecule has 0 saturated carbocycles. The molecule has 0 fully saturated rings. The van der Waals surface area contributed by atoms with Crippen molar-refractivity contribution in [2.75, 3.05) is 0 Å². The van der Waals surface area contributed by atoms with Crippen LogP contribution in [0.15, 0.2) is 40.9 Å². The van der Waals surface area contributed by atoms with E-state index in [9.17, 15) is 4.79 Å². The molecule has 2 aromatic heterocycles. The second kappa shape index (κ2) is 5.46. The van der Waals surface area contributed by atoms with Gasteiger partial charge in [-0.15, -0.1) is 0 Å². The number of pyridine rings is 1. The van der Waals surface area contributed by atoms with E-state index < -0.39 is 5.97 Å². The second-order valence-corrected chi connectivity index (χ2v) is 3.93. The number of nitrogens with one attached hydrogen (secondary N) is 1. The zero-order chi connectivity index (χ0) is 13.0. The van der Waals surface area contributed by atoms with Crippen molar-refractivity contribution < 1.29 is 14.3 Å². The van der Waals surface area contributed by atoms with Crippen molar-refractivity contribution in [3.05, 3.63) is 53.7 Å². The maximum Gasteiger partial charge on any atom is 0.371 e. The maximum absolute atomic E-state index is 10.7. The van der Waals surface area contributed by atoms with Crippen LogP contribution >= 0.6 is 0 Å². The van der Waals surface area contributed by atoms with Crippen LogP contribution in [0.5, 0.6) is 0 Å². The highest BCUT2D eigenvalue weighted by Crippen LogP contribution is 2.16. The van der Waals surface area contributed by atoms with Crippen molar-refractivity contribution >= 4 is 5.97 Å². The molecule has 0 saturated heterocycles. The smallest absolute Gasteiger partial charge is 0.371 e. The summed E-state index contributed by atoms with van der Waals surface area (Å²) in [5.74, 6) is -0.502. The number of carboxylic acid groups (broad SMARTS) is 1. The van der Waals surface area contributed by atoms with Crippen LogP contribution in [-0.2, 0) is 6.54 Å². The molecule has 1 unspecified atom stereocenters. The van der Waals surface area contributed by atoms with Crippen molar-refractivity contribution in [1.82, 2.24) is 10.3 Å². The van der Waals surface area contributed by atoms with Crippen molar-refractivity contribution in [2.45, 2.75) is 19.5 Å². The van der Waals surface area contributed by atoms with Crippen molar-refractivity contribution in [3.8, 4) is 0 Å². The molecular formula is C13H14N2O3. The highest BCUT2D eigenvalue weighted by Gasteiger charge is 2.13. The summed E-state index contributed by atoms with van der Waals surface area (Å²) in [6, 6.07) is 8.75. The quantitative estimate of drug-likeness (QED) is 0.846. The van der Waals surface area contributed by atoms with Gasteiger partial charge in [-0.25, -0.2) is 4.79 Å². The third-order valence-electron chi connectivity index (χ3n) is 2.58. The number of aromatic nitrogens is 1. The number of nitrogens with zero attached hydrogens (tertiary/aromatic N) is 1. The molecule has 2 aromatic rings. The number of furan rings is 1. The number of hydrogen-bond acceptors (Lipinski definition) is 4. The van der Waals surface area contributed by atoms with E-state index >= 15 is 0 Å². The molecule has 2 heterocycles. The lowest BCUT2D eigenvalue weighted by Gasteiger charge is -2.10. The molecule has 0 aliphatic rings. The Morgan fingerprint density at radius 2 is 2.28 bits per heavy atom. The molecule has 1 atom stereocenters. The van der Waals surface area contributed by atoms with Crippen LogP contribution in [-0.4, -0.2) is 16.1 Å². The zero-order valence-corrected chi connectivity index (χ0v) is 9.96. The van der Waals surface area contributed by atoms with Crippen LogP contribution in [0.2, 0.25) is 0 Å². The van der Waals surface area contributed by atoms with Crippen LogP contribution in [0.25, 0.3) is 0 Å². The maximum atomic E-state index is 10.7. The molecule has 0 spiro atoms. The monoisotopic (exact) mass is 246 g/mol. The summed E-state index contributed by atoms with van der Waals surface area (Å²) in [5, 5.41) is 12.0. The first kappa shape index (κ1) is 12.3. The minimum atomic E-state index is -1.06. The molecule has 2 N–H and O–H groups in total. The summed E-state index contributed by atoms with van der Waals surface area (Å²) in [6.07, 6.45) is 1.73. The van der Waals surface area contributed by atoms with Crippen LogP contribution in [0, 0.1) is 0 Å². The van der Waals surface area contributed by atoms with E-state index in [0.29, 0.717) is 12.3 Å². The minimum Gasteiger partial charge on any atom is -0.475 e. The Labute approximate surface area is 104 Å². The summed E-state index contributed by atoms with van der Waals surface area (Å²) in [7, 11) is 0. The van der Waals surface area contributed by atoms with E-state index in [-0.39, 0.29) is 11.8 Å². The third kappa shape index (κ3) is 2.95. The summed E-state index contributed by atoms with van der Waals surface area (Å²) in [6.45, 7) is 2.51. The molecule has 2 rings (SSSR count). The van der Waals surface area contributed by atoms with E-state index in [2.05, 4.69) is 10.3 Å². The third-order valence-corrected chi connectivity index (χ3v) is 2.58. The molecule has 0 radical (unpaired) electrons. The fourth-order valence-corrected chi connectivity index (χ4v) is 1.56. The lowest BCUT2D eigenvalue weighted by Crippen LogP contribution is -2.18. The number of carbonyl (C=O) groups is 1. The van der Waals surface area contributed by atoms with Gasteiger partial charge in [0, 0.05) is 12.7 Å². The number of rotatable bonds is 5. The van der Waals surface area contributed by atoms with Gasteiger partial charge >= 0.3 is 5.97 Å². The molecule has 0 aliphatic carbocycles. The molecule has 0 aromatic carbocycles. The summed E-state index contributed by atoms with van der Waals surface area (Å²) in [5.41, 5.74) is 0.925. The first-order valence-electron chi connectivity index (χ1n) is 5.63. The molecule has 18 heavy (non-hydrogen) atoms. The van der Waals surface area contributed by atoms with E-state index in [1.54, 1.807) is 12.3 Å². The van der Waals surface area contributed by atoms with Gasteiger partial charge in [-0.2, -0.15) is 0 Å². The zero-order valence-electron chi connectivity index (χ0n) is 9.96. The van der Waals surface area contributed by atoms with Crippen molar-refractivity contribution in [3.63, 3.8) is 0 Å². The van der Waals surface area contributed by atoms with E-state index in [1.807, 2.05) is 25.1 Å². The number of aromatic carboxylic acids is 1. The summed E-state index contributed by atoms with van der Waals surface area (Å²) in [4.78, 5) is 14.9. The van der Waals surface area contributed by atoms with Crippen molar-refractivity contribution in [2.24, 2.45) is 0 Å². The van der Waals surface area contributed by atoms with Crippen LogP contribution in [0.4, 0.5) is 0 Å². The Balaban J connectivity index is 1.95. The Morgan fingerprint density at radius 3 is 2.89 bits per heavy atom. The summed E-state index contributed by atoms with van der Waals surface area (Å²) < 4.78 is 5.21. The van der Waals surface area contributed by atoms with Gasteiger partial charge in [0.1, 0.15) is 5.76 Å². The molecular weight excluding hydrogens is 232 g/mol. The van der Waals surface area contributed by atoms with Gasteiger partial charge in [0.25, 0.3) is 0 Å². The fourth-order valence-electron chi connectivity index (χ4n) is 1.56. The Hall–Kier alpha value is -2.14. The van der Waals surface area contributed by atoms with E-state index in [4.69, 9.17) is 9.52 Å². The highest BCUT2D eigenvalue weighted by atomic mass is 16.4. The number of carboxylic acids is 1. The standard InChI is InChI=1S/C13H14N2O3/c1-9(11-5-6-12(18-11)13(16)17)15-8-10-4-2-3-7-14-10/h2-7,9,15H,8H2,1H3,(H,16,17). The van der Waals surface area contributed by atoms with Gasteiger partial charge in [0.15, 0.2) is 0 Å². The Bertz CT molecular complexity index is 522. The van der Waals surface area contributed by atoms with Crippen molar-refractivity contribution in [1.29, 1.82) is 0 Å². The van der Waals surface area contributed by atoms with Gasteiger partial charge in [0.2, 0.25) is 5.76 Å². The van der Waals surface area contributed by atoms with Gasteiger partial charge < -0.3 is 14.8 Å². The Morgan fingerprint density at radius 1 is 1.44 bits per heavy atom. The second-order valence-electron chi connectivity index (χ2n) is 3.93. The lowest BCUT2D eigenvalue weighted by molar-refractivity contribution is 0.0659. The molecule has 0 bridgehead atoms. The molecule has 5 nitrogen and oxygen atoms in total. The minimum absolute atomic E-state index is 0.0449. The van der Waals surface area contributed by atoms with Gasteiger partial charge in [-0.3, -0.25) is 4.98 Å². The molecule has 0 aliphatic heterocycles. The largest absolute Gasteiger partial charge is 0.475 e. The van der Waals surface area contributed by atoms with Crippen LogP contribution in [0.1, 0.15) is 35.0 Å². The average Bonchev–Trinajstić information content (AvgIpc) is 2.87. The lowest BCUT2D eigenvalue weighted by atomic mass is 10.2. The predicted octanol–water partition coefficient (Wildman–Crippen LogP) is 2.22. The fraction of sp³-hybridized carbons (Fsp3) is 0.231. The topological polar surface area (TPSA) is 75.4 Å². The highest BCUT2D eigenvalue weighted by molar-refractivity contribution is 5.84. The average molecular weight is 246 g/mol. The van der Waals surface area contributed by atoms with Gasteiger partial charge in [-0.05, 0) is 31.2 Å². The number of hydrogen-bond donors (Lipinski definition) is 2. The van der Waals surface area contributed by atoms with Gasteiger partial charge in [-0.1, -0.05) is 6.07 Å². The normalized spacial score (nSPS) is 12.3. The van der Waals surface area contributed by atoms with Crippen LogP contribution < -0.4 is 5.32 Å². The van der Waals surface area contributed by atoms with E-state index in [0.717, 1.165) is 5.69 Å². The SMILES string of the molecule is CC(NCc1ccccn1)c1ccc(C(=O)O)o1. The first-order chi connectivity index (χ1) is 8.66. The Kier molecular flexibility index (Phi) is 3.74. The molecule has 5 heteroatoms. The first-order valence-corrected chi connectivity index (χ1v) is 5.63.